The molecule has 3 aromatic heterocycles. The second-order valence-corrected chi connectivity index (χ2v) is 12.4. The maximum absolute atomic E-state index is 12.7. The van der Waals surface area contributed by atoms with Gasteiger partial charge in [0.05, 0.1) is 29.6 Å². The van der Waals surface area contributed by atoms with Crippen LogP contribution in [0.3, 0.4) is 0 Å². The third-order valence-electron chi connectivity index (χ3n) is 9.53. The minimum absolute atomic E-state index is 0.157. The zero-order chi connectivity index (χ0) is 31.2. The van der Waals surface area contributed by atoms with E-state index >= 15 is 0 Å². The Morgan fingerprint density at radius 3 is 2.70 bits per heavy atom. The second kappa shape index (κ2) is 11.9. The fraction of sp³-hybridized carbons (Fsp3) is 0.531. The van der Waals surface area contributed by atoms with Gasteiger partial charge in [-0.2, -0.15) is 0 Å². The molecule has 238 valence electrons. The summed E-state index contributed by atoms with van der Waals surface area (Å²) in [5.41, 5.74) is -0.605. The van der Waals surface area contributed by atoms with Gasteiger partial charge in [-0.15, -0.1) is 0 Å². The van der Waals surface area contributed by atoms with Gasteiger partial charge >= 0.3 is 0 Å². The van der Waals surface area contributed by atoms with E-state index in [1.165, 1.54) is 6.07 Å². The number of aromatic amines is 1. The van der Waals surface area contributed by atoms with Crippen molar-refractivity contribution in [1.29, 1.82) is 0 Å². The molecule has 1 saturated carbocycles. The molecule has 0 saturated heterocycles. The number of benzene rings is 1. The van der Waals surface area contributed by atoms with Gasteiger partial charge < -0.3 is 44.2 Å². The number of nitrogens with zero attached hydrogens (tertiary/aromatic N) is 1. The van der Waals surface area contributed by atoms with Gasteiger partial charge in [-0.05, 0) is 50.5 Å². The average molecular weight is 613 g/mol. The van der Waals surface area contributed by atoms with Gasteiger partial charge in [-0.1, -0.05) is 12.8 Å². The van der Waals surface area contributed by atoms with Crippen molar-refractivity contribution in [2.45, 2.75) is 88.1 Å². The third kappa shape index (κ3) is 5.45. The number of fused-ring (bicyclic) bond motifs is 3. The highest BCUT2D eigenvalue weighted by Crippen LogP contribution is 2.46. The molecule has 6 atom stereocenters. The fourth-order valence-electron chi connectivity index (χ4n) is 6.86. The molecule has 2 aliphatic rings. The lowest BCUT2D eigenvalue weighted by molar-refractivity contribution is -0.368. The molecule has 0 spiro atoms. The van der Waals surface area contributed by atoms with Crippen LogP contribution in [0.25, 0.3) is 22.0 Å². The van der Waals surface area contributed by atoms with Crippen molar-refractivity contribution in [3.63, 3.8) is 0 Å². The van der Waals surface area contributed by atoms with Gasteiger partial charge in [0.2, 0.25) is 0 Å². The predicted octanol–water partition coefficient (Wildman–Crippen LogP) is 2.09. The molecule has 1 aliphatic heterocycles. The van der Waals surface area contributed by atoms with Crippen LogP contribution >= 0.6 is 0 Å². The largest absolute Gasteiger partial charge is 0.484 e. The number of nitrogens with one attached hydrogen (secondary N) is 1. The first-order valence-electron chi connectivity index (χ1n) is 15.1. The van der Waals surface area contributed by atoms with Crippen molar-refractivity contribution in [1.82, 2.24) is 9.55 Å². The van der Waals surface area contributed by atoms with Gasteiger partial charge in [-0.25, -0.2) is 9.78 Å². The molecule has 0 amide bonds. The number of aromatic nitrogens is 2. The van der Waals surface area contributed by atoms with Crippen LogP contribution < -0.4 is 10.2 Å². The minimum atomic E-state index is -2.33. The summed E-state index contributed by atoms with van der Waals surface area (Å²) in [4.78, 5) is 27.3. The summed E-state index contributed by atoms with van der Waals surface area (Å²) >= 11 is 0. The van der Waals surface area contributed by atoms with Crippen LogP contribution in [-0.2, 0) is 22.7 Å². The molecule has 12 heteroatoms. The maximum atomic E-state index is 12.7. The van der Waals surface area contributed by atoms with Gasteiger partial charge in [0.1, 0.15) is 59.3 Å². The van der Waals surface area contributed by atoms with Gasteiger partial charge in [0, 0.05) is 36.9 Å². The number of aliphatic hydroxyl groups excluding tert-OH is 4. The molecule has 0 unspecified atom stereocenters. The van der Waals surface area contributed by atoms with Crippen LogP contribution in [0.4, 0.5) is 0 Å². The number of hydrogen-bond donors (Lipinski definition) is 6. The average Bonchev–Trinajstić information content (AvgIpc) is 3.77. The van der Waals surface area contributed by atoms with Crippen LogP contribution in [-0.4, -0.2) is 83.9 Å². The summed E-state index contributed by atoms with van der Waals surface area (Å²) in [5.74, 6) is 1.28. The molecule has 6 rings (SSSR count). The zero-order valence-corrected chi connectivity index (χ0v) is 24.8. The lowest BCUT2D eigenvalue weighted by Crippen LogP contribution is -2.61. The van der Waals surface area contributed by atoms with Crippen LogP contribution in [0.2, 0.25) is 0 Å². The van der Waals surface area contributed by atoms with E-state index in [2.05, 4.69) is 4.98 Å². The van der Waals surface area contributed by atoms with Crippen LogP contribution in [0.5, 0.6) is 5.75 Å². The fourth-order valence-corrected chi connectivity index (χ4v) is 6.86. The quantitative estimate of drug-likeness (QED) is 0.108. The standard InChI is InChI=1S/C32H40N2O10/c1-18-11-24(36)21-12-19-13-29(31(2,20-5-3-4-6-20)43-26(19)14-27(21)42-18)44-41-16-28(38)32(40,30(39)25(37)15-35)17-34-10-8-22-23(34)7-9-33-22/h7-12,14,20,25,28-30,33,35,37-40H,3-6,13,15-17H2,1-2H3/t25-,28+,29-,30-,31-,32-/m1/s1. The highest BCUT2D eigenvalue weighted by molar-refractivity contribution is 5.80. The van der Waals surface area contributed by atoms with Crippen molar-refractivity contribution < 1.29 is 44.5 Å². The molecule has 1 aliphatic carbocycles. The van der Waals surface area contributed by atoms with E-state index in [1.54, 1.807) is 48.1 Å². The Bertz CT molecular complexity index is 1670. The molecule has 44 heavy (non-hydrogen) atoms. The van der Waals surface area contributed by atoms with E-state index < -0.39 is 48.8 Å². The van der Waals surface area contributed by atoms with E-state index in [1.807, 2.05) is 6.92 Å². The maximum Gasteiger partial charge on any atom is 0.192 e. The van der Waals surface area contributed by atoms with Crippen molar-refractivity contribution in [2.75, 3.05) is 13.2 Å². The zero-order valence-electron chi connectivity index (χ0n) is 24.8. The molecule has 12 nitrogen and oxygen atoms in total. The molecule has 1 aromatic carbocycles. The van der Waals surface area contributed by atoms with Crippen molar-refractivity contribution in [3.8, 4) is 5.75 Å². The van der Waals surface area contributed by atoms with Gasteiger partial charge in [-0.3, -0.25) is 4.79 Å². The lowest BCUT2D eigenvalue weighted by atomic mass is 9.78. The Morgan fingerprint density at radius 2 is 1.95 bits per heavy atom. The molecule has 6 N–H and O–H groups in total. The van der Waals surface area contributed by atoms with E-state index in [-0.39, 0.29) is 17.9 Å². The normalized spacial score (nSPS) is 24.2. The van der Waals surface area contributed by atoms with Crippen molar-refractivity contribution in [2.24, 2.45) is 5.92 Å². The third-order valence-corrected chi connectivity index (χ3v) is 9.53. The monoisotopic (exact) mass is 612 g/mol. The Labute approximate surface area is 253 Å². The molecular weight excluding hydrogens is 572 g/mol. The number of rotatable bonds is 11. The minimum Gasteiger partial charge on any atom is -0.484 e. The Hall–Kier alpha value is -3.23. The lowest BCUT2D eigenvalue weighted by Gasteiger charge is -2.45. The van der Waals surface area contributed by atoms with Crippen LogP contribution in [0.1, 0.15) is 43.9 Å². The Kier molecular flexibility index (Phi) is 8.35. The van der Waals surface area contributed by atoms with Crippen molar-refractivity contribution >= 4 is 22.0 Å². The summed E-state index contributed by atoms with van der Waals surface area (Å²) < 4.78 is 14.1. The first kappa shape index (κ1) is 30.8. The number of H-pyrrole nitrogens is 1. The molecular formula is C32H40N2O10. The van der Waals surface area contributed by atoms with Crippen LogP contribution in [0.15, 0.2) is 51.9 Å². The van der Waals surface area contributed by atoms with Crippen LogP contribution in [0, 0.1) is 12.8 Å². The highest BCUT2D eigenvalue weighted by atomic mass is 17.2. The SMILES string of the molecule is Cc1cc(=O)c2cc3c(cc2o1)O[C@](C)(C1CCCC1)[C@H](OOC[C@H](O)[C@](O)(Cn1ccc2[nH]ccc21)[C@H](O)[C@H](O)CO)C3. The van der Waals surface area contributed by atoms with Gasteiger partial charge in [0.15, 0.2) is 5.43 Å². The molecule has 1 fully saturated rings. The summed E-state index contributed by atoms with van der Waals surface area (Å²) in [5, 5.41) is 53.8. The smallest absolute Gasteiger partial charge is 0.192 e. The number of ether oxygens (including phenoxy) is 1. The number of aryl methyl sites for hydroxylation is 1. The van der Waals surface area contributed by atoms with Gasteiger partial charge in [0.25, 0.3) is 0 Å². The summed E-state index contributed by atoms with van der Waals surface area (Å²) in [6, 6.07) is 8.49. The molecule has 0 bridgehead atoms. The van der Waals surface area contributed by atoms with E-state index in [4.69, 9.17) is 18.9 Å². The summed E-state index contributed by atoms with van der Waals surface area (Å²) in [6.45, 7) is 1.99. The summed E-state index contributed by atoms with van der Waals surface area (Å²) in [6.07, 6.45) is 1.72. The highest BCUT2D eigenvalue weighted by Gasteiger charge is 2.50. The number of aliphatic hydroxyl groups is 5. The summed E-state index contributed by atoms with van der Waals surface area (Å²) in [7, 11) is 0. The second-order valence-electron chi connectivity index (χ2n) is 12.4. The first-order valence-corrected chi connectivity index (χ1v) is 15.1. The topological polar surface area (TPSA) is 180 Å². The molecule has 4 heterocycles. The Morgan fingerprint density at radius 1 is 1.18 bits per heavy atom. The van der Waals surface area contributed by atoms with E-state index in [0.717, 1.165) is 36.8 Å². The predicted molar refractivity (Wildman–Crippen MR) is 159 cm³/mol. The Balaban J connectivity index is 1.24. The van der Waals surface area contributed by atoms with E-state index in [0.29, 0.717) is 34.4 Å². The van der Waals surface area contributed by atoms with Crippen molar-refractivity contribution in [3.05, 3.63) is 64.3 Å². The van der Waals surface area contributed by atoms with E-state index in [9.17, 15) is 30.3 Å². The molecule has 4 aromatic rings. The number of hydrogen-bond acceptors (Lipinski definition) is 10. The molecule has 0 radical (unpaired) electrons. The first-order chi connectivity index (χ1) is 21.0.